The average Bonchev–Trinajstić information content (AvgIpc) is 2.74. The monoisotopic (exact) mass is 434 g/mol. The molecule has 8 heteroatoms. The van der Waals surface area contributed by atoms with Gasteiger partial charge in [-0.2, -0.15) is 0 Å². The SMILES string of the molecule is CCOc1ccc(CCNC(=O)CNC(=O)COc2ccc(Cl)cc2)cc1OCC. The maximum Gasteiger partial charge on any atom is 0.258 e. The van der Waals surface area contributed by atoms with Crippen molar-refractivity contribution in [2.45, 2.75) is 20.3 Å². The van der Waals surface area contributed by atoms with E-state index < -0.39 is 0 Å². The second-order valence-electron chi connectivity index (χ2n) is 6.27. The molecule has 2 amide bonds. The van der Waals surface area contributed by atoms with Crippen LogP contribution in [0, 0.1) is 0 Å². The summed E-state index contributed by atoms with van der Waals surface area (Å²) in [5.74, 6) is 1.27. The summed E-state index contributed by atoms with van der Waals surface area (Å²) in [6, 6.07) is 12.4. The smallest absolute Gasteiger partial charge is 0.258 e. The van der Waals surface area contributed by atoms with Crippen LogP contribution in [-0.2, 0) is 16.0 Å². The van der Waals surface area contributed by atoms with Crippen molar-refractivity contribution in [3.8, 4) is 17.2 Å². The number of carbonyl (C=O) groups is 2. The van der Waals surface area contributed by atoms with Crippen LogP contribution in [-0.4, -0.2) is 44.7 Å². The summed E-state index contributed by atoms with van der Waals surface area (Å²) in [6.45, 7) is 5.08. The molecule has 0 aliphatic heterocycles. The van der Waals surface area contributed by atoms with Crippen LogP contribution in [0.25, 0.3) is 0 Å². The second kappa shape index (κ2) is 12.6. The highest BCUT2D eigenvalue weighted by molar-refractivity contribution is 6.30. The zero-order valence-corrected chi connectivity index (χ0v) is 18.0. The van der Waals surface area contributed by atoms with E-state index in [1.165, 1.54) is 0 Å². The van der Waals surface area contributed by atoms with Gasteiger partial charge in [0.1, 0.15) is 5.75 Å². The van der Waals surface area contributed by atoms with Gasteiger partial charge in [-0.3, -0.25) is 9.59 Å². The van der Waals surface area contributed by atoms with Gasteiger partial charge in [0.25, 0.3) is 5.91 Å². The summed E-state index contributed by atoms with van der Waals surface area (Å²) in [6.07, 6.45) is 0.631. The van der Waals surface area contributed by atoms with Crippen molar-refractivity contribution >= 4 is 23.4 Å². The number of ether oxygens (including phenoxy) is 3. The highest BCUT2D eigenvalue weighted by atomic mass is 35.5. The van der Waals surface area contributed by atoms with Crippen LogP contribution >= 0.6 is 11.6 Å². The van der Waals surface area contributed by atoms with Gasteiger partial charge in [-0.15, -0.1) is 0 Å². The Labute approximate surface area is 181 Å². The molecule has 0 unspecified atom stereocenters. The normalized spacial score (nSPS) is 10.2. The molecule has 0 radical (unpaired) electrons. The molecule has 0 spiro atoms. The summed E-state index contributed by atoms with van der Waals surface area (Å²) in [4.78, 5) is 23.7. The van der Waals surface area contributed by atoms with Gasteiger partial charge in [-0.25, -0.2) is 0 Å². The topological polar surface area (TPSA) is 85.9 Å². The molecule has 0 aliphatic rings. The van der Waals surface area contributed by atoms with E-state index in [0.717, 1.165) is 5.56 Å². The van der Waals surface area contributed by atoms with Gasteiger partial charge >= 0.3 is 0 Å². The van der Waals surface area contributed by atoms with Crippen molar-refractivity contribution in [2.24, 2.45) is 0 Å². The zero-order chi connectivity index (χ0) is 21.8. The van der Waals surface area contributed by atoms with Gasteiger partial charge < -0.3 is 24.8 Å². The van der Waals surface area contributed by atoms with Crippen LogP contribution in [0.1, 0.15) is 19.4 Å². The summed E-state index contributed by atoms with van der Waals surface area (Å²) in [5, 5.41) is 5.88. The van der Waals surface area contributed by atoms with Crippen LogP contribution in [0.2, 0.25) is 5.02 Å². The fraction of sp³-hybridized carbons (Fsp3) is 0.364. The van der Waals surface area contributed by atoms with E-state index in [0.29, 0.717) is 48.5 Å². The van der Waals surface area contributed by atoms with E-state index in [1.807, 2.05) is 32.0 Å². The van der Waals surface area contributed by atoms with Crippen molar-refractivity contribution in [3.63, 3.8) is 0 Å². The van der Waals surface area contributed by atoms with E-state index in [4.69, 9.17) is 25.8 Å². The molecule has 2 aromatic carbocycles. The Morgan fingerprint density at radius 2 is 1.57 bits per heavy atom. The first-order chi connectivity index (χ1) is 14.5. The van der Waals surface area contributed by atoms with Crippen molar-refractivity contribution in [1.29, 1.82) is 0 Å². The molecule has 2 aromatic rings. The largest absolute Gasteiger partial charge is 0.490 e. The Bertz CT molecular complexity index is 827. The minimum absolute atomic E-state index is 0.115. The zero-order valence-electron chi connectivity index (χ0n) is 17.2. The third-order valence-electron chi connectivity index (χ3n) is 3.97. The molecule has 2 rings (SSSR count). The minimum atomic E-state index is -0.382. The summed E-state index contributed by atoms with van der Waals surface area (Å²) < 4.78 is 16.5. The standard InChI is InChI=1S/C22H27ClN2O5/c1-3-28-19-10-5-16(13-20(19)29-4-2)11-12-24-21(26)14-25-22(27)15-30-18-8-6-17(23)7-9-18/h5-10,13H,3-4,11-12,14-15H2,1-2H3,(H,24,26)(H,25,27). The van der Waals surface area contributed by atoms with Crippen molar-refractivity contribution in [3.05, 3.63) is 53.1 Å². The molecule has 0 saturated carbocycles. The summed E-state index contributed by atoms with van der Waals surface area (Å²) in [7, 11) is 0. The molecule has 162 valence electrons. The molecular weight excluding hydrogens is 408 g/mol. The second-order valence-corrected chi connectivity index (χ2v) is 6.70. The first-order valence-electron chi connectivity index (χ1n) is 9.82. The molecule has 0 aromatic heterocycles. The van der Waals surface area contributed by atoms with E-state index in [1.54, 1.807) is 24.3 Å². The number of amides is 2. The Hall–Kier alpha value is -2.93. The lowest BCUT2D eigenvalue weighted by Gasteiger charge is -2.13. The summed E-state index contributed by atoms with van der Waals surface area (Å²) >= 11 is 5.79. The Balaban J connectivity index is 1.68. The molecule has 7 nitrogen and oxygen atoms in total. The number of carbonyl (C=O) groups excluding carboxylic acids is 2. The Morgan fingerprint density at radius 1 is 0.867 bits per heavy atom. The van der Waals surface area contributed by atoms with Crippen LogP contribution in [0.3, 0.4) is 0 Å². The van der Waals surface area contributed by atoms with Crippen molar-refractivity contribution in [2.75, 3.05) is 32.9 Å². The first-order valence-corrected chi connectivity index (χ1v) is 10.2. The average molecular weight is 435 g/mol. The maximum atomic E-state index is 11.9. The van der Waals surface area contributed by atoms with Gasteiger partial charge in [-0.1, -0.05) is 17.7 Å². The number of hydrogen-bond acceptors (Lipinski definition) is 5. The van der Waals surface area contributed by atoms with Gasteiger partial charge in [-0.05, 0) is 62.2 Å². The third kappa shape index (κ3) is 8.21. The molecule has 0 saturated heterocycles. The predicted octanol–water partition coefficient (Wildman–Crippen LogP) is 2.99. The molecule has 0 heterocycles. The van der Waals surface area contributed by atoms with E-state index in [-0.39, 0.29) is 25.0 Å². The number of halogens is 1. The number of nitrogens with one attached hydrogen (secondary N) is 2. The van der Waals surface area contributed by atoms with Gasteiger partial charge in [0.05, 0.1) is 19.8 Å². The van der Waals surface area contributed by atoms with Gasteiger partial charge in [0.2, 0.25) is 5.91 Å². The minimum Gasteiger partial charge on any atom is -0.490 e. The maximum absolute atomic E-state index is 11.9. The van der Waals surface area contributed by atoms with Crippen LogP contribution in [0.15, 0.2) is 42.5 Å². The molecule has 0 aliphatic carbocycles. The number of rotatable bonds is 12. The highest BCUT2D eigenvalue weighted by Crippen LogP contribution is 2.28. The first kappa shape index (κ1) is 23.3. The van der Waals surface area contributed by atoms with Crippen LogP contribution in [0.4, 0.5) is 0 Å². The highest BCUT2D eigenvalue weighted by Gasteiger charge is 2.08. The van der Waals surface area contributed by atoms with E-state index >= 15 is 0 Å². The lowest BCUT2D eigenvalue weighted by Crippen LogP contribution is -2.39. The predicted molar refractivity (Wildman–Crippen MR) is 115 cm³/mol. The Morgan fingerprint density at radius 3 is 2.27 bits per heavy atom. The molecule has 0 atom stereocenters. The Kier molecular flexibility index (Phi) is 9.80. The fourth-order valence-corrected chi connectivity index (χ4v) is 2.70. The fourth-order valence-electron chi connectivity index (χ4n) is 2.57. The summed E-state index contributed by atoms with van der Waals surface area (Å²) in [5.41, 5.74) is 1.02. The molecular formula is C22H27ClN2O5. The number of hydrogen-bond donors (Lipinski definition) is 2. The third-order valence-corrected chi connectivity index (χ3v) is 4.23. The quantitative estimate of drug-likeness (QED) is 0.536. The van der Waals surface area contributed by atoms with Crippen molar-refractivity contribution in [1.82, 2.24) is 10.6 Å². The van der Waals surface area contributed by atoms with Crippen molar-refractivity contribution < 1.29 is 23.8 Å². The van der Waals surface area contributed by atoms with E-state index in [9.17, 15) is 9.59 Å². The van der Waals surface area contributed by atoms with E-state index in [2.05, 4.69) is 10.6 Å². The lowest BCUT2D eigenvalue weighted by molar-refractivity contribution is -0.127. The van der Waals surface area contributed by atoms with Crippen LogP contribution < -0.4 is 24.8 Å². The molecule has 2 N–H and O–H groups in total. The van der Waals surface area contributed by atoms with Crippen LogP contribution in [0.5, 0.6) is 17.2 Å². The molecule has 0 fully saturated rings. The molecule has 30 heavy (non-hydrogen) atoms. The molecule has 0 bridgehead atoms. The lowest BCUT2D eigenvalue weighted by atomic mass is 10.1. The van der Waals surface area contributed by atoms with Gasteiger partial charge in [0.15, 0.2) is 18.1 Å². The van der Waals surface area contributed by atoms with Gasteiger partial charge in [0, 0.05) is 11.6 Å². The number of benzene rings is 2.